The molecule has 0 saturated heterocycles. The van der Waals surface area contributed by atoms with Gasteiger partial charge in [-0.15, -0.1) is 0 Å². The molecule has 11 atom stereocenters. The number of aliphatic hydroxyl groups is 4. The molecule has 0 aromatic heterocycles. The molecule has 4 N–H and O–H groups in total. The standard InChI is InChI=1S/C30H44O8/c1-17-9-10-25(3)11-13-27(5)22-21(33)23(34)28(18(2)31)16-38-20(32)8-7-19(28)26(22,4)12-14-29(27,24(35)37-6)30(25,36)15-17/h7-8,18-19,21-23,31,33-34,36H,1,9-16H2,2-6H3/t18-,19-,21-,22-,23-,25+,26-,27+,28+,29-,30-/m0/s1. The monoisotopic (exact) mass is 532 g/mol. The number of methoxy groups -OCH3 is 1. The summed E-state index contributed by atoms with van der Waals surface area (Å²) in [6.07, 6.45) is 2.88. The summed E-state index contributed by atoms with van der Waals surface area (Å²) in [5, 5.41) is 47.7. The van der Waals surface area contributed by atoms with E-state index in [2.05, 4.69) is 13.5 Å². The minimum atomic E-state index is -1.45. The number of aliphatic hydroxyl groups excluding tert-OH is 3. The second-order valence-corrected chi connectivity index (χ2v) is 13.8. The Bertz CT molecular complexity index is 1080. The Labute approximate surface area is 225 Å². The zero-order valence-corrected chi connectivity index (χ0v) is 23.3. The van der Waals surface area contributed by atoms with Gasteiger partial charge in [-0.3, -0.25) is 4.79 Å². The second-order valence-electron chi connectivity index (χ2n) is 13.8. The van der Waals surface area contributed by atoms with Gasteiger partial charge in [0.1, 0.15) is 12.0 Å². The molecule has 0 spiro atoms. The first-order valence-electron chi connectivity index (χ1n) is 14.0. The van der Waals surface area contributed by atoms with Gasteiger partial charge >= 0.3 is 11.9 Å². The number of allylic oxidation sites excluding steroid dienone is 1. The molecule has 8 heteroatoms. The number of hydrogen-bond donors (Lipinski definition) is 4. The number of cyclic esters (lactones) is 1. The predicted octanol–water partition coefficient (Wildman–Crippen LogP) is 2.67. The lowest BCUT2D eigenvalue weighted by molar-refractivity contribution is -0.336. The molecule has 212 valence electrons. The van der Waals surface area contributed by atoms with Gasteiger partial charge in [0.25, 0.3) is 0 Å². The van der Waals surface area contributed by atoms with E-state index >= 15 is 0 Å². The van der Waals surface area contributed by atoms with Crippen molar-refractivity contribution in [3.8, 4) is 0 Å². The smallest absolute Gasteiger partial charge is 0.330 e. The first-order chi connectivity index (χ1) is 17.6. The summed E-state index contributed by atoms with van der Waals surface area (Å²) in [6.45, 7) is 11.6. The van der Waals surface area contributed by atoms with Crippen LogP contribution in [-0.4, -0.2) is 70.0 Å². The van der Waals surface area contributed by atoms with Crippen molar-refractivity contribution in [2.75, 3.05) is 13.7 Å². The van der Waals surface area contributed by atoms with E-state index in [1.54, 1.807) is 13.0 Å². The Morgan fingerprint density at radius 3 is 2.47 bits per heavy atom. The summed E-state index contributed by atoms with van der Waals surface area (Å²) >= 11 is 0. The van der Waals surface area contributed by atoms with Crippen molar-refractivity contribution in [3.05, 3.63) is 24.3 Å². The Hall–Kier alpha value is -1.74. The second kappa shape index (κ2) is 8.38. The van der Waals surface area contributed by atoms with Crippen molar-refractivity contribution in [3.63, 3.8) is 0 Å². The van der Waals surface area contributed by atoms with E-state index in [0.29, 0.717) is 32.1 Å². The number of hydrogen-bond acceptors (Lipinski definition) is 8. The average Bonchev–Trinajstić information content (AvgIpc) is 3.04. The Balaban J connectivity index is 1.76. The summed E-state index contributed by atoms with van der Waals surface area (Å²) in [4.78, 5) is 26.4. The highest BCUT2D eigenvalue weighted by molar-refractivity contribution is 5.83. The Kier molecular flexibility index (Phi) is 6.14. The molecular formula is C30H44O8. The first-order valence-corrected chi connectivity index (χ1v) is 14.0. The molecule has 4 saturated carbocycles. The Morgan fingerprint density at radius 1 is 1.16 bits per heavy atom. The van der Waals surface area contributed by atoms with E-state index in [1.807, 2.05) is 13.8 Å². The zero-order chi connectivity index (χ0) is 28.1. The van der Waals surface area contributed by atoms with Crippen LogP contribution in [0.3, 0.4) is 0 Å². The van der Waals surface area contributed by atoms with Crippen LogP contribution in [0, 0.1) is 38.9 Å². The maximum Gasteiger partial charge on any atom is 0.330 e. The van der Waals surface area contributed by atoms with Gasteiger partial charge in [-0.05, 0) is 80.0 Å². The molecule has 0 radical (unpaired) electrons. The van der Waals surface area contributed by atoms with Crippen molar-refractivity contribution in [1.82, 2.24) is 0 Å². The van der Waals surface area contributed by atoms with Gasteiger partial charge in [-0.1, -0.05) is 39.0 Å². The number of carbonyl (C=O) groups excluding carboxylic acids is 2. The molecular weight excluding hydrogens is 488 g/mol. The minimum absolute atomic E-state index is 0.234. The van der Waals surface area contributed by atoms with Crippen LogP contribution in [0.1, 0.15) is 72.6 Å². The summed E-state index contributed by atoms with van der Waals surface area (Å²) in [6, 6.07) is 0. The van der Waals surface area contributed by atoms with Gasteiger partial charge in [-0.2, -0.15) is 0 Å². The summed E-state index contributed by atoms with van der Waals surface area (Å²) < 4.78 is 10.9. The largest absolute Gasteiger partial charge is 0.468 e. The van der Waals surface area contributed by atoms with E-state index in [0.717, 1.165) is 12.0 Å². The van der Waals surface area contributed by atoms with Crippen molar-refractivity contribution in [2.45, 2.75) is 96.6 Å². The van der Waals surface area contributed by atoms with Gasteiger partial charge < -0.3 is 29.9 Å². The maximum absolute atomic E-state index is 14.1. The van der Waals surface area contributed by atoms with Crippen molar-refractivity contribution >= 4 is 11.9 Å². The molecule has 4 fully saturated rings. The fourth-order valence-corrected chi connectivity index (χ4v) is 10.5. The van der Waals surface area contributed by atoms with Crippen LogP contribution >= 0.6 is 0 Å². The maximum atomic E-state index is 14.1. The number of ether oxygens (including phenoxy) is 2. The minimum Gasteiger partial charge on any atom is -0.468 e. The fraction of sp³-hybridized carbons (Fsp3) is 0.800. The molecule has 5 aliphatic rings. The molecule has 1 heterocycles. The summed E-state index contributed by atoms with van der Waals surface area (Å²) in [5.41, 5.74) is -5.46. The van der Waals surface area contributed by atoms with E-state index < -0.39 is 74.8 Å². The molecule has 8 nitrogen and oxygen atoms in total. The molecule has 0 aromatic rings. The van der Waals surface area contributed by atoms with Gasteiger partial charge in [0.05, 0.1) is 36.4 Å². The van der Waals surface area contributed by atoms with Gasteiger partial charge in [0.2, 0.25) is 0 Å². The van der Waals surface area contributed by atoms with Crippen LogP contribution in [0.5, 0.6) is 0 Å². The quantitative estimate of drug-likeness (QED) is 0.315. The number of esters is 2. The number of carbonyl (C=O) groups is 2. The fourth-order valence-electron chi connectivity index (χ4n) is 10.5. The highest BCUT2D eigenvalue weighted by Gasteiger charge is 2.81. The van der Waals surface area contributed by atoms with Crippen LogP contribution < -0.4 is 0 Å². The van der Waals surface area contributed by atoms with E-state index in [9.17, 15) is 30.0 Å². The Morgan fingerprint density at radius 2 is 1.84 bits per heavy atom. The number of fused-ring (bicyclic) bond motifs is 7. The average molecular weight is 533 g/mol. The zero-order valence-electron chi connectivity index (χ0n) is 23.3. The summed E-state index contributed by atoms with van der Waals surface area (Å²) in [5.74, 6) is -2.22. The van der Waals surface area contributed by atoms with Crippen LogP contribution in [0.2, 0.25) is 0 Å². The van der Waals surface area contributed by atoms with Crippen LogP contribution in [0.15, 0.2) is 24.3 Å². The first kappa shape index (κ1) is 27.8. The van der Waals surface area contributed by atoms with Gasteiger partial charge in [0.15, 0.2) is 0 Å². The molecule has 5 rings (SSSR count). The molecule has 38 heavy (non-hydrogen) atoms. The van der Waals surface area contributed by atoms with Gasteiger partial charge in [-0.25, -0.2) is 4.79 Å². The lowest BCUT2D eigenvalue weighted by Gasteiger charge is -2.75. The number of rotatable bonds is 2. The van der Waals surface area contributed by atoms with Crippen LogP contribution in [0.4, 0.5) is 0 Å². The third kappa shape index (κ3) is 2.95. The molecule has 4 aliphatic carbocycles. The SMILES string of the molecule is C=C1CC[C@]2(C)CC[C@]3(C)[C@H]4[C@H](O)[C@H](O)[C@@]5([C@H](C)O)COC(=O)C=C[C@H]5[C@]4(C)CC[C@@]3(C(=O)OC)[C@]2(O)C1. The van der Waals surface area contributed by atoms with Crippen LogP contribution in [0.25, 0.3) is 0 Å². The lowest BCUT2D eigenvalue weighted by atomic mass is 9.29. The van der Waals surface area contributed by atoms with Crippen molar-refractivity contribution < 1.29 is 39.5 Å². The molecule has 0 bridgehead atoms. The molecule has 0 amide bonds. The highest BCUT2D eigenvalue weighted by atomic mass is 16.5. The van der Waals surface area contributed by atoms with Gasteiger partial charge in [0, 0.05) is 6.08 Å². The van der Waals surface area contributed by atoms with E-state index in [1.165, 1.54) is 13.2 Å². The third-order valence-electron chi connectivity index (χ3n) is 12.6. The molecule has 1 aliphatic heterocycles. The van der Waals surface area contributed by atoms with Crippen molar-refractivity contribution in [1.29, 1.82) is 0 Å². The van der Waals surface area contributed by atoms with Crippen LogP contribution in [-0.2, 0) is 19.1 Å². The molecule has 0 aromatic carbocycles. The lowest BCUT2D eigenvalue weighted by Crippen LogP contribution is -2.80. The van der Waals surface area contributed by atoms with E-state index in [4.69, 9.17) is 9.47 Å². The topological polar surface area (TPSA) is 134 Å². The summed E-state index contributed by atoms with van der Waals surface area (Å²) in [7, 11) is 1.35. The normalized spacial score (nSPS) is 52.9. The van der Waals surface area contributed by atoms with E-state index in [-0.39, 0.29) is 13.0 Å². The van der Waals surface area contributed by atoms with Crippen molar-refractivity contribution in [2.24, 2.45) is 38.9 Å². The predicted molar refractivity (Wildman–Crippen MR) is 138 cm³/mol. The highest BCUT2D eigenvalue weighted by Crippen LogP contribution is 2.78. The third-order valence-corrected chi connectivity index (χ3v) is 12.6. The molecule has 0 unspecified atom stereocenters.